The van der Waals surface area contributed by atoms with Gasteiger partial charge >= 0.3 is 0 Å². The molecule has 5 heteroatoms. The summed E-state index contributed by atoms with van der Waals surface area (Å²) in [6.45, 7) is 1.72. The maximum atomic E-state index is 10.7. The van der Waals surface area contributed by atoms with Crippen LogP contribution in [0.2, 0.25) is 5.02 Å². The van der Waals surface area contributed by atoms with E-state index in [1.54, 1.807) is 6.07 Å². The average molecular weight is 295 g/mol. The van der Waals surface area contributed by atoms with Crippen LogP contribution in [-0.4, -0.2) is 11.5 Å². The molecule has 2 fully saturated rings. The Morgan fingerprint density at radius 2 is 2.20 bits per heavy atom. The lowest BCUT2D eigenvalue weighted by Gasteiger charge is -2.22. The van der Waals surface area contributed by atoms with Crippen molar-refractivity contribution >= 4 is 17.3 Å². The summed E-state index contributed by atoms with van der Waals surface area (Å²) in [4.78, 5) is 10.2. The predicted molar refractivity (Wildman–Crippen MR) is 78.8 cm³/mol. The Hall–Kier alpha value is -1.13. The van der Waals surface area contributed by atoms with Gasteiger partial charge in [0.2, 0.25) is 0 Å². The van der Waals surface area contributed by atoms with Crippen molar-refractivity contribution in [2.45, 2.75) is 32.2 Å². The van der Waals surface area contributed by atoms with Crippen LogP contribution in [0.3, 0.4) is 0 Å². The lowest BCUT2D eigenvalue weighted by atomic mass is 9.89. The summed E-state index contributed by atoms with van der Waals surface area (Å²) < 4.78 is 0. The van der Waals surface area contributed by atoms with Gasteiger partial charge in [0.15, 0.2) is 0 Å². The molecule has 2 aliphatic rings. The standard InChI is InChI=1S/C15H19ClN2O2/c16-15-7-14(18(19)20)4-3-12(15)8-17-9-13-6-10-1-2-11(13)5-10/h3-4,7,10-11,13,17H,1-2,5-6,8-9H2. The number of nitro groups is 1. The molecular formula is C15H19ClN2O2. The van der Waals surface area contributed by atoms with E-state index in [1.807, 2.05) is 0 Å². The maximum absolute atomic E-state index is 10.7. The Labute approximate surface area is 123 Å². The Morgan fingerprint density at radius 1 is 1.35 bits per heavy atom. The smallest absolute Gasteiger partial charge is 0.270 e. The summed E-state index contributed by atoms with van der Waals surface area (Å²) >= 11 is 6.09. The molecule has 20 heavy (non-hydrogen) atoms. The van der Waals surface area contributed by atoms with E-state index in [9.17, 15) is 10.1 Å². The topological polar surface area (TPSA) is 55.2 Å². The molecule has 0 heterocycles. The summed E-state index contributed by atoms with van der Waals surface area (Å²) in [7, 11) is 0. The molecule has 2 bridgehead atoms. The van der Waals surface area contributed by atoms with Gasteiger partial charge in [0, 0.05) is 18.7 Å². The van der Waals surface area contributed by atoms with E-state index in [0.717, 1.165) is 29.9 Å². The first-order valence-corrected chi connectivity index (χ1v) is 7.65. The third-order valence-corrected chi connectivity index (χ3v) is 5.21. The van der Waals surface area contributed by atoms with Gasteiger partial charge in [0.05, 0.1) is 9.95 Å². The molecule has 3 unspecified atom stereocenters. The second-order valence-electron chi connectivity index (χ2n) is 6.10. The number of hydrogen-bond acceptors (Lipinski definition) is 3. The molecule has 0 amide bonds. The number of benzene rings is 1. The van der Waals surface area contributed by atoms with Gasteiger partial charge in [-0.05, 0) is 55.2 Å². The number of fused-ring (bicyclic) bond motifs is 2. The molecule has 0 spiro atoms. The Balaban J connectivity index is 1.52. The number of non-ortho nitro benzene ring substituents is 1. The monoisotopic (exact) mass is 294 g/mol. The van der Waals surface area contributed by atoms with Gasteiger partial charge in [-0.1, -0.05) is 18.0 Å². The van der Waals surface area contributed by atoms with Crippen molar-refractivity contribution in [1.82, 2.24) is 5.32 Å². The zero-order valence-corrected chi connectivity index (χ0v) is 12.1. The van der Waals surface area contributed by atoms with Crippen molar-refractivity contribution in [1.29, 1.82) is 0 Å². The average Bonchev–Trinajstić information content (AvgIpc) is 3.02. The SMILES string of the molecule is O=[N+]([O-])c1ccc(CNCC2CC3CCC2C3)c(Cl)c1. The summed E-state index contributed by atoms with van der Waals surface area (Å²) in [6, 6.07) is 4.69. The second-order valence-corrected chi connectivity index (χ2v) is 6.51. The molecular weight excluding hydrogens is 276 g/mol. The summed E-state index contributed by atoms with van der Waals surface area (Å²) in [5.41, 5.74) is 0.979. The Bertz CT molecular complexity index is 521. The molecule has 1 aromatic rings. The molecule has 2 aliphatic carbocycles. The lowest BCUT2D eigenvalue weighted by Crippen LogP contribution is -2.26. The van der Waals surface area contributed by atoms with E-state index in [-0.39, 0.29) is 5.69 Å². The number of nitrogens with one attached hydrogen (secondary N) is 1. The van der Waals surface area contributed by atoms with Crippen LogP contribution < -0.4 is 5.32 Å². The molecule has 1 N–H and O–H groups in total. The summed E-state index contributed by atoms with van der Waals surface area (Å²) in [5.74, 6) is 2.69. The van der Waals surface area contributed by atoms with Crippen LogP contribution in [0.4, 0.5) is 5.69 Å². The van der Waals surface area contributed by atoms with Gasteiger partial charge in [-0.25, -0.2) is 0 Å². The van der Waals surface area contributed by atoms with Crippen LogP contribution in [-0.2, 0) is 6.54 Å². The molecule has 108 valence electrons. The van der Waals surface area contributed by atoms with Gasteiger partial charge in [-0.15, -0.1) is 0 Å². The van der Waals surface area contributed by atoms with E-state index in [2.05, 4.69) is 5.32 Å². The number of hydrogen-bond donors (Lipinski definition) is 1. The van der Waals surface area contributed by atoms with Gasteiger partial charge in [-0.2, -0.15) is 0 Å². The van der Waals surface area contributed by atoms with Crippen molar-refractivity contribution in [3.63, 3.8) is 0 Å². The van der Waals surface area contributed by atoms with Crippen LogP contribution in [0.25, 0.3) is 0 Å². The van der Waals surface area contributed by atoms with Crippen molar-refractivity contribution in [2.75, 3.05) is 6.54 Å². The van der Waals surface area contributed by atoms with E-state index in [0.29, 0.717) is 11.6 Å². The summed E-state index contributed by atoms with van der Waals surface area (Å²) in [5, 5.41) is 14.6. The van der Waals surface area contributed by atoms with Crippen molar-refractivity contribution < 1.29 is 4.92 Å². The highest BCUT2D eigenvalue weighted by atomic mass is 35.5. The fraction of sp³-hybridized carbons (Fsp3) is 0.600. The Morgan fingerprint density at radius 3 is 2.80 bits per heavy atom. The molecule has 0 aliphatic heterocycles. The zero-order chi connectivity index (χ0) is 14.1. The van der Waals surface area contributed by atoms with E-state index in [1.165, 1.54) is 37.8 Å². The molecule has 4 nitrogen and oxygen atoms in total. The maximum Gasteiger partial charge on any atom is 0.270 e. The van der Waals surface area contributed by atoms with Gasteiger partial charge < -0.3 is 5.32 Å². The number of nitrogens with zero attached hydrogens (tertiary/aromatic N) is 1. The van der Waals surface area contributed by atoms with Crippen LogP contribution in [0, 0.1) is 27.9 Å². The summed E-state index contributed by atoms with van der Waals surface area (Å²) in [6.07, 6.45) is 5.61. The first kappa shape index (κ1) is 13.8. The fourth-order valence-electron chi connectivity index (χ4n) is 3.81. The van der Waals surface area contributed by atoms with Crippen LogP contribution in [0.5, 0.6) is 0 Å². The van der Waals surface area contributed by atoms with Crippen molar-refractivity contribution in [3.05, 3.63) is 38.9 Å². The van der Waals surface area contributed by atoms with Crippen molar-refractivity contribution in [3.8, 4) is 0 Å². The molecule has 3 atom stereocenters. The minimum absolute atomic E-state index is 0.0480. The lowest BCUT2D eigenvalue weighted by molar-refractivity contribution is -0.384. The van der Waals surface area contributed by atoms with E-state index >= 15 is 0 Å². The second kappa shape index (κ2) is 5.70. The van der Waals surface area contributed by atoms with Gasteiger partial charge in [0.1, 0.15) is 0 Å². The predicted octanol–water partition coefficient (Wildman–Crippen LogP) is 3.77. The molecule has 1 aromatic carbocycles. The first-order chi connectivity index (χ1) is 9.63. The number of nitro benzene ring substituents is 1. The van der Waals surface area contributed by atoms with Crippen LogP contribution >= 0.6 is 11.6 Å². The number of rotatable bonds is 5. The van der Waals surface area contributed by atoms with Crippen LogP contribution in [0.1, 0.15) is 31.2 Å². The van der Waals surface area contributed by atoms with E-state index < -0.39 is 4.92 Å². The largest absolute Gasteiger partial charge is 0.312 e. The quantitative estimate of drug-likeness (QED) is 0.664. The van der Waals surface area contributed by atoms with Gasteiger partial charge in [-0.3, -0.25) is 10.1 Å². The van der Waals surface area contributed by atoms with E-state index in [4.69, 9.17) is 11.6 Å². The minimum atomic E-state index is -0.418. The number of halogens is 1. The molecule has 3 rings (SSSR count). The highest BCUT2D eigenvalue weighted by Gasteiger charge is 2.38. The molecule has 0 saturated heterocycles. The Kier molecular flexibility index (Phi) is 3.94. The van der Waals surface area contributed by atoms with Gasteiger partial charge in [0.25, 0.3) is 5.69 Å². The fourth-order valence-corrected chi connectivity index (χ4v) is 4.05. The molecule has 0 radical (unpaired) electrons. The van der Waals surface area contributed by atoms with Crippen molar-refractivity contribution in [2.24, 2.45) is 17.8 Å². The third-order valence-electron chi connectivity index (χ3n) is 4.85. The normalized spacial score (nSPS) is 27.9. The molecule has 0 aromatic heterocycles. The minimum Gasteiger partial charge on any atom is -0.312 e. The van der Waals surface area contributed by atoms with Crippen LogP contribution in [0.15, 0.2) is 18.2 Å². The zero-order valence-electron chi connectivity index (χ0n) is 11.3. The highest BCUT2D eigenvalue weighted by molar-refractivity contribution is 6.31. The first-order valence-electron chi connectivity index (χ1n) is 7.27. The third kappa shape index (κ3) is 2.81. The molecule has 2 saturated carbocycles. The highest BCUT2D eigenvalue weighted by Crippen LogP contribution is 2.47.